The highest BCUT2D eigenvalue weighted by molar-refractivity contribution is 7.90. The standard InChI is InChI=1S/C14H20N2O2S/c1-12-6-8-14(9-7-12)19(17,18)15-13(2)16-10-4-3-5-11-16/h6-9H,3-5,10-11H2,1-2H3/b15-13+. The first-order chi connectivity index (χ1) is 8.99. The second-order valence-corrected chi connectivity index (χ2v) is 6.58. The fourth-order valence-electron chi connectivity index (χ4n) is 2.21. The van der Waals surface area contributed by atoms with E-state index in [1.165, 1.54) is 6.42 Å². The summed E-state index contributed by atoms with van der Waals surface area (Å²) < 4.78 is 28.3. The Balaban J connectivity index is 2.22. The highest BCUT2D eigenvalue weighted by atomic mass is 32.2. The van der Waals surface area contributed by atoms with Crippen molar-refractivity contribution < 1.29 is 8.42 Å². The molecule has 1 saturated heterocycles. The van der Waals surface area contributed by atoms with Crippen molar-refractivity contribution in [2.24, 2.45) is 4.40 Å². The fraction of sp³-hybridized carbons (Fsp3) is 0.500. The SMILES string of the molecule is C/C(=N\S(=O)(=O)c1ccc(C)cc1)N1CCCCC1. The number of rotatable bonds is 2. The number of piperidine rings is 1. The second kappa shape index (κ2) is 5.74. The number of hydrogen-bond donors (Lipinski definition) is 0. The van der Waals surface area contributed by atoms with E-state index >= 15 is 0 Å². The minimum absolute atomic E-state index is 0.259. The summed E-state index contributed by atoms with van der Waals surface area (Å²) in [4.78, 5) is 2.31. The summed E-state index contributed by atoms with van der Waals surface area (Å²) in [6.07, 6.45) is 3.43. The molecule has 0 N–H and O–H groups in total. The van der Waals surface area contributed by atoms with Gasteiger partial charge >= 0.3 is 0 Å². The van der Waals surface area contributed by atoms with Crippen LogP contribution in [0.3, 0.4) is 0 Å². The molecule has 4 nitrogen and oxygen atoms in total. The number of hydrogen-bond acceptors (Lipinski definition) is 2. The summed E-state index contributed by atoms with van der Waals surface area (Å²) in [7, 11) is -3.58. The van der Waals surface area contributed by atoms with Gasteiger partial charge in [-0.3, -0.25) is 0 Å². The molecule has 0 bridgehead atoms. The van der Waals surface area contributed by atoms with E-state index in [4.69, 9.17) is 0 Å². The first-order valence-electron chi connectivity index (χ1n) is 6.62. The average Bonchev–Trinajstić information content (AvgIpc) is 2.40. The van der Waals surface area contributed by atoms with Crippen LogP contribution in [0.2, 0.25) is 0 Å². The zero-order valence-electron chi connectivity index (χ0n) is 11.5. The highest BCUT2D eigenvalue weighted by Crippen LogP contribution is 2.15. The van der Waals surface area contributed by atoms with Crippen LogP contribution in [-0.2, 0) is 10.0 Å². The number of likely N-dealkylation sites (tertiary alicyclic amines) is 1. The van der Waals surface area contributed by atoms with Crippen molar-refractivity contribution in [2.45, 2.75) is 38.0 Å². The van der Waals surface area contributed by atoms with Crippen LogP contribution in [0.4, 0.5) is 0 Å². The topological polar surface area (TPSA) is 49.7 Å². The number of amidine groups is 1. The van der Waals surface area contributed by atoms with Gasteiger partial charge in [-0.2, -0.15) is 8.42 Å². The zero-order valence-corrected chi connectivity index (χ0v) is 12.3. The Morgan fingerprint density at radius 2 is 1.68 bits per heavy atom. The summed E-state index contributed by atoms with van der Waals surface area (Å²) in [5.74, 6) is 0.597. The van der Waals surface area contributed by atoms with Crippen molar-refractivity contribution in [3.05, 3.63) is 29.8 Å². The Bertz CT molecular complexity index is 556. The van der Waals surface area contributed by atoms with E-state index < -0.39 is 10.0 Å². The predicted octanol–water partition coefficient (Wildman–Crippen LogP) is 2.59. The van der Waals surface area contributed by atoms with Gasteiger partial charge < -0.3 is 4.90 Å². The molecule has 0 atom stereocenters. The largest absolute Gasteiger partial charge is 0.360 e. The minimum Gasteiger partial charge on any atom is -0.360 e. The van der Waals surface area contributed by atoms with Gasteiger partial charge in [0.25, 0.3) is 10.0 Å². The number of benzene rings is 1. The van der Waals surface area contributed by atoms with Gasteiger partial charge in [0.1, 0.15) is 5.84 Å². The molecule has 1 aliphatic heterocycles. The van der Waals surface area contributed by atoms with Crippen LogP contribution >= 0.6 is 0 Å². The predicted molar refractivity (Wildman–Crippen MR) is 76.9 cm³/mol. The van der Waals surface area contributed by atoms with Gasteiger partial charge in [0.05, 0.1) is 4.90 Å². The summed E-state index contributed by atoms with van der Waals surface area (Å²) in [6.45, 7) is 5.51. The molecule has 0 radical (unpaired) electrons. The van der Waals surface area contributed by atoms with E-state index in [0.717, 1.165) is 31.5 Å². The van der Waals surface area contributed by atoms with E-state index in [2.05, 4.69) is 9.30 Å². The molecular weight excluding hydrogens is 260 g/mol. The molecular formula is C14H20N2O2S. The van der Waals surface area contributed by atoms with Crippen molar-refractivity contribution >= 4 is 15.9 Å². The molecule has 0 aromatic heterocycles. The lowest BCUT2D eigenvalue weighted by Gasteiger charge is -2.27. The molecule has 1 fully saturated rings. The van der Waals surface area contributed by atoms with Crippen LogP contribution in [0, 0.1) is 6.92 Å². The summed E-state index contributed by atoms with van der Waals surface area (Å²) >= 11 is 0. The molecule has 5 heteroatoms. The first kappa shape index (κ1) is 14.1. The molecule has 1 heterocycles. The molecule has 1 aromatic carbocycles. The Kier molecular flexibility index (Phi) is 4.24. The Morgan fingerprint density at radius 1 is 1.11 bits per heavy atom. The van der Waals surface area contributed by atoms with Gasteiger partial charge in [-0.1, -0.05) is 17.7 Å². The maximum absolute atomic E-state index is 12.2. The van der Waals surface area contributed by atoms with Crippen molar-refractivity contribution in [3.63, 3.8) is 0 Å². The average molecular weight is 280 g/mol. The molecule has 0 amide bonds. The van der Waals surface area contributed by atoms with Crippen molar-refractivity contribution in [1.29, 1.82) is 0 Å². The van der Waals surface area contributed by atoms with E-state index in [0.29, 0.717) is 5.84 Å². The highest BCUT2D eigenvalue weighted by Gasteiger charge is 2.17. The van der Waals surface area contributed by atoms with Crippen LogP contribution in [0.5, 0.6) is 0 Å². The molecule has 1 aromatic rings. The zero-order chi connectivity index (χ0) is 13.9. The first-order valence-corrected chi connectivity index (χ1v) is 8.06. The van der Waals surface area contributed by atoms with Gasteiger partial charge in [-0.05, 0) is 45.2 Å². The Labute approximate surface area is 115 Å². The molecule has 2 rings (SSSR count). The summed E-state index contributed by atoms with van der Waals surface area (Å²) in [6, 6.07) is 6.80. The molecule has 0 aliphatic carbocycles. The van der Waals surface area contributed by atoms with Crippen molar-refractivity contribution in [3.8, 4) is 0 Å². The van der Waals surface area contributed by atoms with E-state index in [9.17, 15) is 8.42 Å². The van der Waals surface area contributed by atoms with Crippen LogP contribution in [0.1, 0.15) is 31.7 Å². The monoisotopic (exact) mass is 280 g/mol. The van der Waals surface area contributed by atoms with Gasteiger partial charge in [0.15, 0.2) is 0 Å². The number of nitrogens with zero attached hydrogens (tertiary/aromatic N) is 2. The third-order valence-corrected chi connectivity index (χ3v) is 4.76. The Morgan fingerprint density at radius 3 is 2.26 bits per heavy atom. The molecule has 19 heavy (non-hydrogen) atoms. The second-order valence-electron chi connectivity index (χ2n) is 4.97. The summed E-state index contributed by atoms with van der Waals surface area (Å²) in [5.41, 5.74) is 1.04. The fourth-order valence-corrected chi connectivity index (χ4v) is 3.26. The molecule has 0 unspecified atom stereocenters. The van der Waals surface area contributed by atoms with Gasteiger partial charge in [-0.15, -0.1) is 4.40 Å². The van der Waals surface area contributed by atoms with Crippen molar-refractivity contribution in [2.75, 3.05) is 13.1 Å². The normalized spacial score (nSPS) is 17.6. The lowest BCUT2D eigenvalue weighted by atomic mass is 10.1. The van der Waals surface area contributed by atoms with Crippen LogP contribution in [0.15, 0.2) is 33.6 Å². The van der Waals surface area contributed by atoms with E-state index in [1.54, 1.807) is 31.2 Å². The molecule has 1 aliphatic rings. The van der Waals surface area contributed by atoms with E-state index in [1.807, 2.05) is 6.92 Å². The van der Waals surface area contributed by atoms with Crippen LogP contribution < -0.4 is 0 Å². The molecule has 0 saturated carbocycles. The lowest BCUT2D eigenvalue weighted by Crippen LogP contribution is -2.34. The van der Waals surface area contributed by atoms with Crippen LogP contribution in [0.25, 0.3) is 0 Å². The number of aryl methyl sites for hydroxylation is 1. The smallest absolute Gasteiger partial charge is 0.283 e. The maximum atomic E-state index is 12.2. The van der Waals surface area contributed by atoms with E-state index in [-0.39, 0.29) is 4.90 Å². The van der Waals surface area contributed by atoms with Crippen molar-refractivity contribution in [1.82, 2.24) is 4.90 Å². The summed E-state index contributed by atoms with van der Waals surface area (Å²) in [5, 5.41) is 0. The van der Waals surface area contributed by atoms with Gasteiger partial charge in [-0.25, -0.2) is 0 Å². The quantitative estimate of drug-likeness (QED) is 0.618. The Hall–Kier alpha value is -1.36. The minimum atomic E-state index is -3.58. The third kappa shape index (κ3) is 3.56. The maximum Gasteiger partial charge on any atom is 0.283 e. The molecule has 104 valence electrons. The molecule has 0 spiro atoms. The third-order valence-electron chi connectivity index (χ3n) is 3.38. The lowest BCUT2D eigenvalue weighted by molar-refractivity contribution is 0.341. The van der Waals surface area contributed by atoms with Gasteiger partial charge in [0, 0.05) is 13.1 Å². The van der Waals surface area contributed by atoms with Gasteiger partial charge in [0.2, 0.25) is 0 Å². The van der Waals surface area contributed by atoms with Crippen LogP contribution in [-0.4, -0.2) is 32.2 Å². The number of sulfonamides is 1.